The van der Waals surface area contributed by atoms with Gasteiger partial charge in [-0.25, -0.2) is 0 Å². The first-order valence-corrected chi connectivity index (χ1v) is 6.09. The summed E-state index contributed by atoms with van der Waals surface area (Å²) in [5.74, 6) is -0.0462. The molecular formula is C15H21NO2. The number of ether oxygens (including phenoxy) is 1. The highest BCUT2D eigenvalue weighted by atomic mass is 16.5. The van der Waals surface area contributed by atoms with Gasteiger partial charge in [-0.1, -0.05) is 24.3 Å². The van der Waals surface area contributed by atoms with Gasteiger partial charge in [0.2, 0.25) is 0 Å². The average Bonchev–Trinajstić information content (AvgIpc) is 2.31. The van der Waals surface area contributed by atoms with Crippen molar-refractivity contribution in [3.8, 4) is 0 Å². The highest BCUT2D eigenvalue weighted by Gasteiger charge is 2.08. The van der Waals surface area contributed by atoms with E-state index in [4.69, 9.17) is 4.74 Å². The van der Waals surface area contributed by atoms with Crippen molar-refractivity contribution in [3.05, 3.63) is 47.0 Å². The predicted octanol–water partition coefficient (Wildman–Crippen LogP) is 2.63. The minimum atomic E-state index is -0.0462. The maximum Gasteiger partial charge on any atom is 0.251 e. The van der Waals surface area contributed by atoms with Crippen molar-refractivity contribution in [3.63, 3.8) is 0 Å². The summed E-state index contributed by atoms with van der Waals surface area (Å²) >= 11 is 0. The number of hydrogen-bond acceptors (Lipinski definition) is 2. The number of benzene rings is 1. The van der Waals surface area contributed by atoms with E-state index in [-0.39, 0.29) is 5.91 Å². The minimum absolute atomic E-state index is 0.0462. The molecule has 0 saturated heterocycles. The Bertz CT molecular complexity index is 438. The molecule has 98 valence electrons. The third kappa shape index (κ3) is 4.34. The number of carbonyl (C=O) groups excluding carboxylic acids is 1. The number of amides is 1. The Labute approximate surface area is 109 Å². The molecule has 1 aromatic rings. The molecule has 3 nitrogen and oxygen atoms in total. The van der Waals surface area contributed by atoms with Gasteiger partial charge in [-0.3, -0.25) is 4.79 Å². The van der Waals surface area contributed by atoms with Crippen LogP contribution in [-0.2, 0) is 4.74 Å². The van der Waals surface area contributed by atoms with E-state index in [2.05, 4.69) is 11.9 Å². The maximum atomic E-state index is 11.9. The highest BCUT2D eigenvalue weighted by molar-refractivity contribution is 5.95. The van der Waals surface area contributed by atoms with Crippen LogP contribution in [0.5, 0.6) is 0 Å². The SMILES string of the molecule is C=C(C)COCCNC(=O)c1cccc(C)c1C. The van der Waals surface area contributed by atoms with E-state index in [1.165, 1.54) is 0 Å². The number of nitrogens with one attached hydrogen (secondary N) is 1. The fourth-order valence-corrected chi connectivity index (χ4v) is 1.58. The molecule has 0 spiro atoms. The van der Waals surface area contributed by atoms with Crippen molar-refractivity contribution >= 4 is 5.91 Å². The van der Waals surface area contributed by atoms with Crippen LogP contribution in [0.4, 0.5) is 0 Å². The third-order valence-electron chi connectivity index (χ3n) is 2.73. The van der Waals surface area contributed by atoms with Crippen LogP contribution >= 0.6 is 0 Å². The van der Waals surface area contributed by atoms with Gasteiger partial charge in [0.1, 0.15) is 0 Å². The zero-order valence-electron chi connectivity index (χ0n) is 11.4. The Morgan fingerprint density at radius 3 is 2.78 bits per heavy atom. The Kier molecular flexibility index (Phi) is 5.59. The van der Waals surface area contributed by atoms with E-state index >= 15 is 0 Å². The average molecular weight is 247 g/mol. The van der Waals surface area contributed by atoms with E-state index in [0.717, 1.165) is 22.3 Å². The minimum Gasteiger partial charge on any atom is -0.375 e. The molecular weight excluding hydrogens is 226 g/mol. The van der Waals surface area contributed by atoms with Gasteiger partial charge in [0.25, 0.3) is 5.91 Å². The van der Waals surface area contributed by atoms with Gasteiger partial charge in [0, 0.05) is 12.1 Å². The Balaban J connectivity index is 2.41. The van der Waals surface area contributed by atoms with E-state index in [9.17, 15) is 4.79 Å². The first kappa shape index (κ1) is 14.5. The molecule has 0 aliphatic rings. The van der Waals surface area contributed by atoms with Gasteiger partial charge in [0.05, 0.1) is 13.2 Å². The molecule has 0 atom stereocenters. The lowest BCUT2D eigenvalue weighted by Gasteiger charge is -2.09. The molecule has 0 fully saturated rings. The van der Waals surface area contributed by atoms with Gasteiger partial charge in [-0.05, 0) is 38.0 Å². The monoisotopic (exact) mass is 247 g/mol. The lowest BCUT2D eigenvalue weighted by Crippen LogP contribution is -2.28. The van der Waals surface area contributed by atoms with E-state index in [0.29, 0.717) is 19.8 Å². The van der Waals surface area contributed by atoms with Crippen LogP contribution < -0.4 is 5.32 Å². The molecule has 0 unspecified atom stereocenters. The first-order valence-electron chi connectivity index (χ1n) is 6.09. The standard InChI is InChI=1S/C15H21NO2/c1-11(2)10-18-9-8-16-15(17)14-7-5-6-12(3)13(14)4/h5-7H,1,8-10H2,2-4H3,(H,16,17). The summed E-state index contributed by atoms with van der Waals surface area (Å²) in [6.07, 6.45) is 0. The largest absolute Gasteiger partial charge is 0.375 e. The molecule has 0 aliphatic heterocycles. The Morgan fingerprint density at radius 2 is 2.11 bits per heavy atom. The second-order valence-corrected chi connectivity index (χ2v) is 4.51. The molecule has 1 N–H and O–H groups in total. The first-order chi connectivity index (χ1) is 8.52. The molecule has 0 saturated carbocycles. The molecule has 1 amide bonds. The van der Waals surface area contributed by atoms with Gasteiger partial charge in [0.15, 0.2) is 0 Å². The van der Waals surface area contributed by atoms with Crippen molar-refractivity contribution in [2.75, 3.05) is 19.8 Å². The quantitative estimate of drug-likeness (QED) is 0.620. The lowest BCUT2D eigenvalue weighted by molar-refractivity contribution is 0.0926. The van der Waals surface area contributed by atoms with Crippen LogP contribution in [0.15, 0.2) is 30.4 Å². The van der Waals surface area contributed by atoms with E-state index in [1.54, 1.807) is 0 Å². The summed E-state index contributed by atoms with van der Waals surface area (Å²) < 4.78 is 5.32. The molecule has 18 heavy (non-hydrogen) atoms. The van der Waals surface area contributed by atoms with Crippen LogP contribution in [0, 0.1) is 13.8 Å². The summed E-state index contributed by atoms with van der Waals surface area (Å²) in [5, 5.41) is 2.85. The topological polar surface area (TPSA) is 38.3 Å². The van der Waals surface area contributed by atoms with Crippen molar-refractivity contribution in [2.24, 2.45) is 0 Å². The van der Waals surface area contributed by atoms with Gasteiger partial charge in [-0.2, -0.15) is 0 Å². The number of carbonyl (C=O) groups is 1. The smallest absolute Gasteiger partial charge is 0.251 e. The third-order valence-corrected chi connectivity index (χ3v) is 2.73. The summed E-state index contributed by atoms with van der Waals surface area (Å²) in [6, 6.07) is 5.74. The molecule has 1 rings (SSSR count). The second-order valence-electron chi connectivity index (χ2n) is 4.51. The van der Waals surface area contributed by atoms with Crippen LogP contribution in [0.25, 0.3) is 0 Å². The van der Waals surface area contributed by atoms with Crippen molar-refractivity contribution in [1.82, 2.24) is 5.32 Å². The van der Waals surface area contributed by atoms with Crippen LogP contribution in [0.3, 0.4) is 0 Å². The molecule has 0 radical (unpaired) electrons. The molecule has 3 heteroatoms. The van der Waals surface area contributed by atoms with E-state index in [1.807, 2.05) is 39.0 Å². The molecule has 0 heterocycles. The summed E-state index contributed by atoms with van der Waals surface area (Å²) in [4.78, 5) is 11.9. The molecule has 0 bridgehead atoms. The van der Waals surface area contributed by atoms with Crippen LogP contribution in [0.1, 0.15) is 28.4 Å². The fourth-order valence-electron chi connectivity index (χ4n) is 1.58. The van der Waals surface area contributed by atoms with Gasteiger partial charge in [-0.15, -0.1) is 0 Å². The van der Waals surface area contributed by atoms with Crippen molar-refractivity contribution < 1.29 is 9.53 Å². The fraction of sp³-hybridized carbons (Fsp3) is 0.400. The Hall–Kier alpha value is -1.61. The number of aryl methyl sites for hydroxylation is 1. The molecule has 1 aromatic carbocycles. The normalized spacial score (nSPS) is 10.2. The van der Waals surface area contributed by atoms with Gasteiger partial charge < -0.3 is 10.1 Å². The Morgan fingerprint density at radius 1 is 1.39 bits per heavy atom. The predicted molar refractivity (Wildman–Crippen MR) is 73.9 cm³/mol. The zero-order chi connectivity index (χ0) is 13.5. The summed E-state index contributed by atoms with van der Waals surface area (Å²) in [6.45, 7) is 11.2. The highest BCUT2D eigenvalue weighted by Crippen LogP contribution is 2.12. The number of rotatable bonds is 6. The number of hydrogen-bond donors (Lipinski definition) is 1. The zero-order valence-corrected chi connectivity index (χ0v) is 11.4. The summed E-state index contributed by atoms with van der Waals surface area (Å²) in [5.41, 5.74) is 3.87. The van der Waals surface area contributed by atoms with Crippen molar-refractivity contribution in [2.45, 2.75) is 20.8 Å². The van der Waals surface area contributed by atoms with Crippen LogP contribution in [-0.4, -0.2) is 25.7 Å². The maximum absolute atomic E-state index is 11.9. The van der Waals surface area contributed by atoms with Gasteiger partial charge >= 0.3 is 0 Å². The van der Waals surface area contributed by atoms with Crippen molar-refractivity contribution in [1.29, 1.82) is 0 Å². The van der Waals surface area contributed by atoms with E-state index < -0.39 is 0 Å². The lowest BCUT2D eigenvalue weighted by atomic mass is 10.0. The second kappa shape index (κ2) is 6.97. The molecule has 0 aromatic heterocycles. The molecule has 0 aliphatic carbocycles. The van der Waals surface area contributed by atoms with Crippen LogP contribution in [0.2, 0.25) is 0 Å². The summed E-state index contributed by atoms with van der Waals surface area (Å²) in [7, 11) is 0.